The minimum absolute atomic E-state index is 0.0455. The number of hydrogen-bond acceptors (Lipinski definition) is 2. The molecule has 0 saturated carbocycles. The molecule has 0 atom stereocenters. The second-order valence-corrected chi connectivity index (χ2v) is 7.66. The van der Waals surface area contributed by atoms with E-state index in [0.717, 1.165) is 33.7 Å². The third-order valence-electron chi connectivity index (χ3n) is 5.25. The molecule has 0 spiro atoms. The second kappa shape index (κ2) is 7.00. The van der Waals surface area contributed by atoms with Crippen molar-refractivity contribution in [2.75, 3.05) is 13.1 Å². The van der Waals surface area contributed by atoms with Gasteiger partial charge in [-0.05, 0) is 31.9 Å². The van der Waals surface area contributed by atoms with Crippen molar-refractivity contribution < 1.29 is 13.6 Å². The Labute approximate surface area is 162 Å². The van der Waals surface area contributed by atoms with Gasteiger partial charge in [-0.3, -0.25) is 4.79 Å². The zero-order valence-electron chi connectivity index (χ0n) is 16.1. The summed E-state index contributed by atoms with van der Waals surface area (Å²) in [5, 5.41) is 0. The van der Waals surface area contributed by atoms with E-state index in [1.807, 2.05) is 60.8 Å². The average molecular weight is 383 g/mol. The monoisotopic (exact) mass is 383 g/mol. The molecule has 0 bridgehead atoms. The lowest BCUT2D eigenvalue weighted by molar-refractivity contribution is -0.140. The number of fused-ring (bicyclic) bond motifs is 1. The van der Waals surface area contributed by atoms with Crippen LogP contribution >= 0.6 is 0 Å². The number of imidazole rings is 1. The van der Waals surface area contributed by atoms with E-state index in [9.17, 15) is 13.6 Å². The molecule has 1 aromatic carbocycles. The number of aromatic nitrogens is 2. The molecule has 1 aliphatic rings. The summed E-state index contributed by atoms with van der Waals surface area (Å²) in [6.07, 6.45) is 2.16. The Morgan fingerprint density at radius 2 is 1.82 bits per heavy atom. The number of amides is 1. The summed E-state index contributed by atoms with van der Waals surface area (Å²) in [4.78, 5) is 18.9. The molecule has 1 aliphatic heterocycles. The number of alkyl halides is 2. The van der Waals surface area contributed by atoms with Crippen molar-refractivity contribution in [2.24, 2.45) is 0 Å². The predicted molar refractivity (Wildman–Crippen MR) is 105 cm³/mol. The lowest BCUT2D eigenvalue weighted by atomic mass is 10.0. The second-order valence-electron chi connectivity index (χ2n) is 7.66. The van der Waals surface area contributed by atoms with Crippen LogP contribution in [0.1, 0.15) is 29.7 Å². The van der Waals surface area contributed by atoms with Gasteiger partial charge in [-0.2, -0.15) is 0 Å². The Bertz CT molecular complexity index is 1020. The molecule has 4 rings (SSSR count). The molecular formula is C22H23F2N3O. The highest BCUT2D eigenvalue weighted by molar-refractivity contribution is 5.82. The SMILES string of the molecule is Cc1ccc(-c2nc3ccc(C)cn3c2CC(=O)N2CCCC(F)(F)C2)cc1. The molecule has 3 aromatic rings. The maximum Gasteiger partial charge on any atom is 0.265 e. The highest BCUT2D eigenvalue weighted by Crippen LogP contribution is 2.29. The lowest BCUT2D eigenvalue weighted by Gasteiger charge is -2.32. The summed E-state index contributed by atoms with van der Waals surface area (Å²) in [7, 11) is 0. The summed E-state index contributed by atoms with van der Waals surface area (Å²) < 4.78 is 29.4. The number of piperidine rings is 1. The van der Waals surface area contributed by atoms with Crippen molar-refractivity contribution in [3.63, 3.8) is 0 Å². The van der Waals surface area contributed by atoms with Gasteiger partial charge in [0.2, 0.25) is 5.91 Å². The van der Waals surface area contributed by atoms with E-state index in [0.29, 0.717) is 13.0 Å². The van der Waals surface area contributed by atoms with E-state index in [1.54, 1.807) is 0 Å². The molecule has 146 valence electrons. The molecule has 6 heteroatoms. The van der Waals surface area contributed by atoms with E-state index in [4.69, 9.17) is 4.98 Å². The molecule has 0 radical (unpaired) electrons. The largest absolute Gasteiger partial charge is 0.336 e. The van der Waals surface area contributed by atoms with Gasteiger partial charge in [-0.15, -0.1) is 0 Å². The van der Waals surface area contributed by atoms with Gasteiger partial charge >= 0.3 is 0 Å². The molecule has 0 N–H and O–H groups in total. The Morgan fingerprint density at radius 1 is 1.11 bits per heavy atom. The summed E-state index contributed by atoms with van der Waals surface area (Å²) >= 11 is 0. The molecule has 3 heterocycles. The number of likely N-dealkylation sites (tertiary alicyclic amines) is 1. The molecule has 0 unspecified atom stereocenters. The van der Waals surface area contributed by atoms with Gasteiger partial charge in [-0.25, -0.2) is 13.8 Å². The zero-order chi connectivity index (χ0) is 19.9. The molecule has 28 heavy (non-hydrogen) atoms. The fourth-order valence-corrected chi connectivity index (χ4v) is 3.74. The van der Waals surface area contributed by atoms with Crippen LogP contribution in [-0.4, -0.2) is 39.2 Å². The molecule has 1 amide bonds. The average Bonchev–Trinajstić information content (AvgIpc) is 2.99. The highest BCUT2D eigenvalue weighted by atomic mass is 19.3. The summed E-state index contributed by atoms with van der Waals surface area (Å²) in [6.45, 7) is 3.87. The summed E-state index contributed by atoms with van der Waals surface area (Å²) in [5.41, 5.74) is 5.30. The number of aryl methyl sites for hydroxylation is 2. The third kappa shape index (κ3) is 3.63. The van der Waals surface area contributed by atoms with Gasteiger partial charge in [0.25, 0.3) is 5.92 Å². The van der Waals surface area contributed by atoms with Crippen LogP contribution < -0.4 is 0 Å². The number of carbonyl (C=O) groups is 1. The van der Waals surface area contributed by atoms with Crippen molar-refractivity contribution in [1.82, 2.24) is 14.3 Å². The van der Waals surface area contributed by atoms with Crippen LogP contribution in [0.3, 0.4) is 0 Å². The van der Waals surface area contributed by atoms with Crippen molar-refractivity contribution >= 4 is 11.6 Å². The quantitative estimate of drug-likeness (QED) is 0.672. The number of pyridine rings is 1. The van der Waals surface area contributed by atoms with Gasteiger partial charge in [0.05, 0.1) is 24.4 Å². The lowest BCUT2D eigenvalue weighted by Crippen LogP contribution is -2.46. The number of carbonyl (C=O) groups excluding carboxylic acids is 1. The third-order valence-corrected chi connectivity index (χ3v) is 5.25. The van der Waals surface area contributed by atoms with Gasteiger partial charge in [0.1, 0.15) is 5.65 Å². The summed E-state index contributed by atoms with van der Waals surface area (Å²) in [6, 6.07) is 11.8. The summed E-state index contributed by atoms with van der Waals surface area (Å²) in [5.74, 6) is -3.08. The van der Waals surface area contributed by atoms with E-state index < -0.39 is 12.5 Å². The number of rotatable bonds is 3. The van der Waals surface area contributed by atoms with Gasteiger partial charge < -0.3 is 9.30 Å². The first kappa shape index (κ1) is 18.6. The Balaban J connectivity index is 1.74. The van der Waals surface area contributed by atoms with Gasteiger partial charge in [0.15, 0.2) is 0 Å². The standard InChI is InChI=1S/C22H23F2N3O/c1-15-4-7-17(8-5-15)21-18(27-13-16(2)6-9-19(27)25-21)12-20(28)26-11-3-10-22(23,24)14-26/h4-9,13H,3,10-12,14H2,1-2H3. The number of halogens is 2. The first-order valence-corrected chi connectivity index (χ1v) is 9.53. The number of nitrogens with zero attached hydrogens (tertiary/aromatic N) is 3. The van der Waals surface area contributed by atoms with Gasteiger partial charge in [0, 0.05) is 24.7 Å². The van der Waals surface area contributed by atoms with Crippen LogP contribution in [0.25, 0.3) is 16.9 Å². The fourth-order valence-electron chi connectivity index (χ4n) is 3.74. The molecular weight excluding hydrogens is 360 g/mol. The van der Waals surface area contributed by atoms with Crippen LogP contribution in [-0.2, 0) is 11.2 Å². The normalized spacial score (nSPS) is 16.5. The minimum Gasteiger partial charge on any atom is -0.336 e. The van der Waals surface area contributed by atoms with E-state index in [1.165, 1.54) is 4.90 Å². The first-order valence-electron chi connectivity index (χ1n) is 9.53. The van der Waals surface area contributed by atoms with Crippen molar-refractivity contribution in [1.29, 1.82) is 0 Å². The van der Waals surface area contributed by atoms with Crippen LogP contribution in [0, 0.1) is 13.8 Å². The number of hydrogen-bond donors (Lipinski definition) is 0. The maximum absolute atomic E-state index is 13.8. The first-order chi connectivity index (χ1) is 13.3. The fraction of sp³-hybridized carbons (Fsp3) is 0.364. The van der Waals surface area contributed by atoms with Crippen LogP contribution in [0.4, 0.5) is 8.78 Å². The van der Waals surface area contributed by atoms with Crippen LogP contribution in [0.5, 0.6) is 0 Å². The molecule has 4 nitrogen and oxygen atoms in total. The van der Waals surface area contributed by atoms with Crippen molar-refractivity contribution in [3.05, 3.63) is 59.4 Å². The van der Waals surface area contributed by atoms with Crippen molar-refractivity contribution in [2.45, 2.75) is 39.0 Å². The number of benzene rings is 1. The molecule has 1 fully saturated rings. The van der Waals surface area contributed by atoms with E-state index >= 15 is 0 Å². The minimum atomic E-state index is -2.80. The van der Waals surface area contributed by atoms with Crippen LogP contribution in [0.2, 0.25) is 0 Å². The van der Waals surface area contributed by atoms with Crippen LogP contribution in [0.15, 0.2) is 42.6 Å². The topological polar surface area (TPSA) is 37.6 Å². The Hall–Kier alpha value is -2.76. The zero-order valence-corrected chi connectivity index (χ0v) is 16.1. The van der Waals surface area contributed by atoms with E-state index in [2.05, 4.69) is 0 Å². The maximum atomic E-state index is 13.8. The molecule has 0 aliphatic carbocycles. The van der Waals surface area contributed by atoms with Crippen molar-refractivity contribution in [3.8, 4) is 11.3 Å². The van der Waals surface area contributed by atoms with E-state index in [-0.39, 0.29) is 18.7 Å². The predicted octanol–water partition coefficient (Wildman–Crippen LogP) is 4.42. The molecule has 1 saturated heterocycles. The Morgan fingerprint density at radius 3 is 2.54 bits per heavy atom. The highest BCUT2D eigenvalue weighted by Gasteiger charge is 2.37. The molecule has 2 aromatic heterocycles. The Kier molecular flexibility index (Phi) is 4.65. The van der Waals surface area contributed by atoms with Gasteiger partial charge in [-0.1, -0.05) is 35.9 Å². The smallest absolute Gasteiger partial charge is 0.265 e.